The molecule has 1 fully saturated rings. The molecule has 0 aliphatic carbocycles. The molecule has 15 heavy (non-hydrogen) atoms. The highest BCUT2D eigenvalue weighted by atomic mass is 16.1. The van der Waals surface area contributed by atoms with Crippen molar-refractivity contribution >= 4 is 5.91 Å². The van der Waals surface area contributed by atoms with Gasteiger partial charge in [-0.15, -0.1) is 0 Å². The first-order valence-electron chi connectivity index (χ1n) is 6.04. The summed E-state index contributed by atoms with van der Waals surface area (Å²) in [4.78, 5) is 11.9. The summed E-state index contributed by atoms with van der Waals surface area (Å²) < 4.78 is 0. The molecule has 2 N–H and O–H groups in total. The second-order valence-electron chi connectivity index (χ2n) is 5.12. The van der Waals surface area contributed by atoms with Crippen LogP contribution in [0.3, 0.4) is 0 Å². The Bertz CT molecular complexity index is 216. The molecule has 0 radical (unpaired) electrons. The van der Waals surface area contributed by atoms with Crippen molar-refractivity contribution in [1.29, 1.82) is 0 Å². The van der Waals surface area contributed by atoms with Gasteiger partial charge in [-0.2, -0.15) is 0 Å². The molecule has 0 aromatic heterocycles. The summed E-state index contributed by atoms with van der Waals surface area (Å²) in [6, 6.07) is 0.756. The zero-order valence-corrected chi connectivity index (χ0v) is 10.3. The van der Waals surface area contributed by atoms with Gasteiger partial charge in [-0.1, -0.05) is 13.8 Å². The van der Waals surface area contributed by atoms with Crippen molar-refractivity contribution in [3.8, 4) is 0 Å². The van der Waals surface area contributed by atoms with Crippen molar-refractivity contribution in [3.05, 3.63) is 0 Å². The van der Waals surface area contributed by atoms with Crippen LogP contribution in [-0.2, 0) is 4.79 Å². The summed E-state index contributed by atoms with van der Waals surface area (Å²) in [6.07, 6.45) is 1.94. The van der Waals surface area contributed by atoms with E-state index >= 15 is 0 Å². The number of amides is 1. The van der Waals surface area contributed by atoms with Gasteiger partial charge in [0.2, 0.25) is 5.91 Å². The minimum Gasteiger partial charge on any atom is -0.353 e. The molecule has 3 heteroatoms. The fourth-order valence-electron chi connectivity index (χ4n) is 1.88. The standard InChI is InChI=1S/C12H24N2O/c1-8(2)10(4)14-12(15)11-5-6-13-9(3)7-11/h8-11,13H,5-7H2,1-4H3,(H,14,15). The Labute approximate surface area is 93.0 Å². The van der Waals surface area contributed by atoms with E-state index in [1.54, 1.807) is 0 Å². The van der Waals surface area contributed by atoms with Gasteiger partial charge in [0.25, 0.3) is 0 Å². The Morgan fingerprint density at radius 2 is 2.07 bits per heavy atom. The predicted octanol–water partition coefficient (Wildman–Crippen LogP) is 1.54. The number of piperidine rings is 1. The molecule has 1 aliphatic heterocycles. The third kappa shape index (κ3) is 3.82. The van der Waals surface area contributed by atoms with Crippen LogP contribution in [0, 0.1) is 11.8 Å². The molecule has 1 rings (SSSR count). The molecule has 1 amide bonds. The van der Waals surface area contributed by atoms with Crippen LogP contribution >= 0.6 is 0 Å². The molecule has 3 atom stereocenters. The van der Waals surface area contributed by atoms with Crippen LogP contribution in [0.15, 0.2) is 0 Å². The van der Waals surface area contributed by atoms with E-state index in [0.717, 1.165) is 19.4 Å². The van der Waals surface area contributed by atoms with E-state index in [9.17, 15) is 4.79 Å². The molecule has 88 valence electrons. The van der Waals surface area contributed by atoms with E-state index in [-0.39, 0.29) is 17.9 Å². The molecule has 3 nitrogen and oxygen atoms in total. The van der Waals surface area contributed by atoms with Crippen LogP contribution in [0.5, 0.6) is 0 Å². The Morgan fingerprint density at radius 1 is 1.40 bits per heavy atom. The maximum Gasteiger partial charge on any atom is 0.223 e. The second-order valence-corrected chi connectivity index (χ2v) is 5.12. The predicted molar refractivity (Wildman–Crippen MR) is 62.6 cm³/mol. The second kappa shape index (κ2) is 5.50. The fraction of sp³-hybridized carbons (Fsp3) is 0.917. The van der Waals surface area contributed by atoms with E-state index in [2.05, 4.69) is 38.3 Å². The molecule has 3 unspecified atom stereocenters. The van der Waals surface area contributed by atoms with Gasteiger partial charge >= 0.3 is 0 Å². The first-order valence-corrected chi connectivity index (χ1v) is 6.04. The largest absolute Gasteiger partial charge is 0.353 e. The van der Waals surface area contributed by atoms with Gasteiger partial charge in [-0.05, 0) is 39.2 Å². The van der Waals surface area contributed by atoms with Crippen LogP contribution in [0.25, 0.3) is 0 Å². The zero-order valence-electron chi connectivity index (χ0n) is 10.3. The monoisotopic (exact) mass is 212 g/mol. The molecule has 1 aliphatic rings. The van der Waals surface area contributed by atoms with Crippen molar-refractivity contribution in [2.45, 2.75) is 52.6 Å². The maximum atomic E-state index is 11.9. The van der Waals surface area contributed by atoms with Gasteiger partial charge in [0.15, 0.2) is 0 Å². The van der Waals surface area contributed by atoms with Crippen LogP contribution in [0.1, 0.15) is 40.5 Å². The summed E-state index contributed by atoms with van der Waals surface area (Å²) in [5.41, 5.74) is 0. The lowest BCUT2D eigenvalue weighted by Gasteiger charge is -2.29. The fourth-order valence-corrected chi connectivity index (χ4v) is 1.88. The van der Waals surface area contributed by atoms with Crippen molar-refractivity contribution in [3.63, 3.8) is 0 Å². The summed E-state index contributed by atoms with van der Waals surface area (Å²) in [7, 11) is 0. The van der Waals surface area contributed by atoms with Crippen LogP contribution < -0.4 is 10.6 Å². The Balaban J connectivity index is 2.39. The number of carbonyl (C=O) groups excluding carboxylic acids is 1. The maximum absolute atomic E-state index is 11.9. The Kier molecular flexibility index (Phi) is 4.58. The van der Waals surface area contributed by atoms with Crippen molar-refractivity contribution < 1.29 is 4.79 Å². The number of hydrogen-bond donors (Lipinski definition) is 2. The van der Waals surface area contributed by atoms with Gasteiger partial charge in [0, 0.05) is 18.0 Å². The van der Waals surface area contributed by atoms with Crippen molar-refractivity contribution in [2.75, 3.05) is 6.54 Å². The Hall–Kier alpha value is -0.570. The third-order valence-electron chi connectivity index (χ3n) is 3.36. The first-order chi connectivity index (χ1) is 7.00. The zero-order chi connectivity index (χ0) is 11.4. The Morgan fingerprint density at radius 3 is 2.60 bits per heavy atom. The molecular formula is C12H24N2O. The van der Waals surface area contributed by atoms with E-state index < -0.39 is 0 Å². The molecule has 0 bridgehead atoms. The molecule has 0 spiro atoms. The highest BCUT2D eigenvalue weighted by Gasteiger charge is 2.25. The number of hydrogen-bond acceptors (Lipinski definition) is 2. The molecule has 0 aromatic carbocycles. The topological polar surface area (TPSA) is 41.1 Å². The minimum absolute atomic E-state index is 0.211. The van der Waals surface area contributed by atoms with Crippen LogP contribution in [-0.4, -0.2) is 24.5 Å². The highest BCUT2D eigenvalue weighted by molar-refractivity contribution is 5.79. The minimum atomic E-state index is 0.211. The lowest BCUT2D eigenvalue weighted by Crippen LogP contribution is -2.45. The number of carbonyl (C=O) groups is 1. The number of rotatable bonds is 3. The van der Waals surface area contributed by atoms with E-state index in [1.165, 1.54) is 0 Å². The van der Waals surface area contributed by atoms with Crippen molar-refractivity contribution in [2.24, 2.45) is 11.8 Å². The molecule has 0 saturated carbocycles. The van der Waals surface area contributed by atoms with E-state index in [0.29, 0.717) is 12.0 Å². The molecule has 0 aromatic rings. The normalized spacial score (nSPS) is 28.9. The van der Waals surface area contributed by atoms with Crippen molar-refractivity contribution in [1.82, 2.24) is 10.6 Å². The SMILES string of the molecule is CC1CC(C(=O)NC(C)C(C)C)CCN1. The molecule has 1 heterocycles. The first kappa shape index (κ1) is 12.5. The van der Waals surface area contributed by atoms with Gasteiger partial charge in [0.05, 0.1) is 0 Å². The summed E-state index contributed by atoms with van der Waals surface area (Å²) in [5.74, 6) is 0.958. The van der Waals surface area contributed by atoms with Crippen LogP contribution in [0.2, 0.25) is 0 Å². The summed E-state index contributed by atoms with van der Waals surface area (Å²) >= 11 is 0. The lowest BCUT2D eigenvalue weighted by molar-refractivity contribution is -0.127. The van der Waals surface area contributed by atoms with Gasteiger partial charge in [-0.25, -0.2) is 0 Å². The summed E-state index contributed by atoms with van der Waals surface area (Å²) in [6.45, 7) is 9.46. The quantitative estimate of drug-likeness (QED) is 0.745. The van der Waals surface area contributed by atoms with Gasteiger partial charge in [0.1, 0.15) is 0 Å². The average molecular weight is 212 g/mol. The summed E-state index contributed by atoms with van der Waals surface area (Å²) in [5, 5.41) is 6.47. The number of nitrogens with one attached hydrogen (secondary N) is 2. The van der Waals surface area contributed by atoms with Gasteiger partial charge < -0.3 is 10.6 Å². The van der Waals surface area contributed by atoms with Gasteiger partial charge in [-0.3, -0.25) is 4.79 Å². The molecule has 1 saturated heterocycles. The smallest absolute Gasteiger partial charge is 0.223 e. The highest BCUT2D eigenvalue weighted by Crippen LogP contribution is 2.16. The van der Waals surface area contributed by atoms with E-state index in [1.807, 2.05) is 0 Å². The lowest BCUT2D eigenvalue weighted by atomic mass is 9.92. The molecular weight excluding hydrogens is 188 g/mol. The average Bonchev–Trinajstić information content (AvgIpc) is 2.17. The van der Waals surface area contributed by atoms with E-state index in [4.69, 9.17) is 0 Å². The van der Waals surface area contributed by atoms with Crippen LogP contribution in [0.4, 0.5) is 0 Å². The third-order valence-corrected chi connectivity index (χ3v) is 3.36.